The van der Waals surface area contributed by atoms with Gasteiger partial charge in [0.2, 0.25) is 0 Å². The number of rotatable bonds is 12. The minimum absolute atomic E-state index is 0.183. The van der Waals surface area contributed by atoms with E-state index in [1.165, 1.54) is 27.7 Å². The van der Waals surface area contributed by atoms with Crippen LogP contribution in [0.2, 0.25) is 0 Å². The Morgan fingerprint density at radius 3 is 2.53 bits per heavy atom. The van der Waals surface area contributed by atoms with Crippen molar-refractivity contribution in [2.24, 2.45) is 0 Å². The number of fused-ring (bicyclic) bond motifs is 1. The topological polar surface area (TPSA) is 67.8 Å². The molecule has 0 aliphatic heterocycles. The zero-order chi connectivity index (χ0) is 27.1. The van der Waals surface area contributed by atoms with E-state index in [1.54, 1.807) is 13.0 Å². The highest BCUT2D eigenvalue weighted by molar-refractivity contribution is 7.17. The van der Waals surface area contributed by atoms with E-state index in [9.17, 15) is 9.90 Å². The number of carbonyl (C=O) groups is 1. The third-order valence-corrected chi connectivity index (χ3v) is 7.66. The van der Waals surface area contributed by atoms with Crippen molar-refractivity contribution in [3.05, 3.63) is 94.9 Å². The minimum Gasteiger partial charge on any atom is -0.462 e. The Balaban J connectivity index is 1.31. The van der Waals surface area contributed by atoms with Crippen LogP contribution >= 0.6 is 11.3 Å². The first-order chi connectivity index (χ1) is 18.3. The number of nitrogens with one attached hydrogen (secondary N) is 1. The molecule has 2 N–H and O–H groups in total. The van der Waals surface area contributed by atoms with Crippen molar-refractivity contribution in [1.29, 1.82) is 0 Å². The highest BCUT2D eigenvalue weighted by atomic mass is 32.1. The average Bonchev–Trinajstić information content (AvgIpc) is 3.41. The number of hydrogen-bond donors (Lipinski definition) is 2. The maximum atomic E-state index is 12.1. The molecule has 4 rings (SSSR count). The van der Waals surface area contributed by atoms with Crippen LogP contribution in [0.4, 0.5) is 0 Å². The lowest BCUT2D eigenvalue weighted by atomic mass is 9.93. The van der Waals surface area contributed by atoms with Gasteiger partial charge in [0.05, 0.1) is 25.4 Å². The van der Waals surface area contributed by atoms with Crippen molar-refractivity contribution in [1.82, 2.24) is 5.32 Å². The smallest absolute Gasteiger partial charge is 0.348 e. The molecular weight excluding hydrogens is 494 g/mol. The molecule has 0 saturated carbocycles. The van der Waals surface area contributed by atoms with Crippen molar-refractivity contribution in [2.45, 2.75) is 51.9 Å². The zero-order valence-electron chi connectivity index (χ0n) is 22.6. The highest BCUT2D eigenvalue weighted by Crippen LogP contribution is 2.35. The first-order valence-corrected chi connectivity index (χ1v) is 14.0. The zero-order valence-corrected chi connectivity index (χ0v) is 23.4. The second kappa shape index (κ2) is 12.7. The summed E-state index contributed by atoms with van der Waals surface area (Å²) >= 11 is 1.41. The van der Waals surface area contributed by atoms with Gasteiger partial charge in [-0.1, -0.05) is 66.7 Å². The molecule has 1 heterocycles. The van der Waals surface area contributed by atoms with Crippen molar-refractivity contribution >= 4 is 28.1 Å². The number of benzene rings is 3. The highest BCUT2D eigenvalue weighted by Gasteiger charge is 2.21. The van der Waals surface area contributed by atoms with Gasteiger partial charge < -0.3 is 19.9 Å². The molecular formula is C32H37NO4S. The number of β-amino-alcohol motifs (C(OH)–C–C–N with tert-alkyl or cyclic N) is 1. The number of hydrogen-bond acceptors (Lipinski definition) is 6. The Morgan fingerprint density at radius 2 is 1.74 bits per heavy atom. The van der Waals surface area contributed by atoms with Crippen molar-refractivity contribution < 1.29 is 19.4 Å². The van der Waals surface area contributed by atoms with Gasteiger partial charge in [-0.25, -0.2) is 4.79 Å². The molecule has 3 aromatic carbocycles. The number of ether oxygens (including phenoxy) is 2. The number of thiophene rings is 1. The minimum atomic E-state index is -0.641. The molecule has 38 heavy (non-hydrogen) atoms. The largest absolute Gasteiger partial charge is 0.462 e. The van der Waals surface area contributed by atoms with Gasteiger partial charge in [-0.2, -0.15) is 0 Å². The van der Waals surface area contributed by atoms with Crippen LogP contribution in [0, 0.1) is 0 Å². The second-order valence-corrected chi connectivity index (χ2v) is 11.3. The van der Waals surface area contributed by atoms with Gasteiger partial charge >= 0.3 is 5.97 Å². The molecule has 1 aromatic heterocycles. The van der Waals surface area contributed by atoms with Crippen molar-refractivity contribution in [3.63, 3.8) is 0 Å². The molecule has 0 aliphatic carbocycles. The Morgan fingerprint density at radius 1 is 1.00 bits per heavy atom. The van der Waals surface area contributed by atoms with Crippen molar-refractivity contribution in [2.75, 3.05) is 19.8 Å². The van der Waals surface area contributed by atoms with E-state index < -0.39 is 6.10 Å². The first-order valence-electron chi connectivity index (χ1n) is 13.1. The van der Waals surface area contributed by atoms with Gasteiger partial charge in [-0.05, 0) is 73.7 Å². The normalized spacial score (nSPS) is 13.4. The molecule has 6 heteroatoms. The lowest BCUT2D eigenvalue weighted by Crippen LogP contribution is -2.46. The van der Waals surface area contributed by atoms with Crippen LogP contribution in [0.25, 0.3) is 21.2 Å². The number of carbonyl (C=O) groups excluding carboxylic acids is 1. The maximum absolute atomic E-state index is 12.1. The van der Waals surface area contributed by atoms with Gasteiger partial charge in [-0.15, -0.1) is 11.3 Å². The van der Waals surface area contributed by atoms with Crippen LogP contribution in [-0.4, -0.2) is 42.5 Å². The summed E-state index contributed by atoms with van der Waals surface area (Å²) in [5.41, 5.74) is 3.11. The summed E-state index contributed by atoms with van der Waals surface area (Å²) in [4.78, 5) is 13.7. The fourth-order valence-electron chi connectivity index (χ4n) is 4.59. The van der Waals surface area contributed by atoms with Gasteiger partial charge in [-0.3, -0.25) is 0 Å². The SMILES string of the molecule is CCOC(=O)c1ccc(-c2ccccc2C(C)OCC(O)CNC(C)(C)Cc2ccc3ccccc3c2)s1. The van der Waals surface area contributed by atoms with Gasteiger partial charge in [0.25, 0.3) is 0 Å². The maximum Gasteiger partial charge on any atom is 0.348 e. The molecule has 0 aliphatic rings. The first kappa shape index (κ1) is 28.0. The summed E-state index contributed by atoms with van der Waals surface area (Å²) in [5, 5.41) is 16.7. The Bertz CT molecular complexity index is 1360. The Labute approximate surface area is 229 Å². The molecule has 0 radical (unpaired) electrons. The molecule has 0 saturated heterocycles. The van der Waals surface area contributed by atoms with E-state index in [1.807, 2.05) is 37.3 Å². The third kappa shape index (κ3) is 7.29. The van der Waals surface area contributed by atoms with E-state index in [-0.39, 0.29) is 24.2 Å². The number of aliphatic hydroxyl groups excluding tert-OH is 1. The van der Waals surface area contributed by atoms with Crippen LogP contribution in [0.5, 0.6) is 0 Å². The molecule has 4 aromatic rings. The Kier molecular flexibility index (Phi) is 9.34. The quantitative estimate of drug-likeness (QED) is 0.197. The summed E-state index contributed by atoms with van der Waals surface area (Å²) in [6, 6.07) is 26.7. The van der Waals surface area contributed by atoms with E-state index >= 15 is 0 Å². The lowest BCUT2D eigenvalue weighted by molar-refractivity contribution is -0.00396. The Hall–Kier alpha value is -3.03. The van der Waals surface area contributed by atoms with E-state index in [2.05, 4.69) is 61.6 Å². The van der Waals surface area contributed by atoms with E-state index in [4.69, 9.17) is 9.47 Å². The molecule has 0 fully saturated rings. The molecule has 0 amide bonds. The summed E-state index contributed by atoms with van der Waals surface area (Å²) in [6.45, 7) is 9.10. The molecule has 0 spiro atoms. The molecule has 2 atom stereocenters. The monoisotopic (exact) mass is 531 g/mol. The molecule has 0 bridgehead atoms. The van der Waals surface area contributed by atoms with E-state index in [0.717, 1.165) is 22.4 Å². The molecule has 5 nitrogen and oxygen atoms in total. The van der Waals surface area contributed by atoms with Crippen LogP contribution < -0.4 is 5.32 Å². The number of esters is 1. The average molecular weight is 532 g/mol. The second-order valence-electron chi connectivity index (χ2n) is 10.2. The summed E-state index contributed by atoms with van der Waals surface area (Å²) in [5.74, 6) is -0.301. The fraction of sp³-hybridized carbons (Fsp3) is 0.344. The summed E-state index contributed by atoms with van der Waals surface area (Å²) in [7, 11) is 0. The van der Waals surface area contributed by atoms with Gasteiger partial charge in [0, 0.05) is 17.0 Å². The van der Waals surface area contributed by atoms with Crippen LogP contribution in [0.1, 0.15) is 54.6 Å². The number of aliphatic hydroxyl groups is 1. The fourth-order valence-corrected chi connectivity index (χ4v) is 5.54. The summed E-state index contributed by atoms with van der Waals surface area (Å²) < 4.78 is 11.2. The lowest BCUT2D eigenvalue weighted by Gasteiger charge is -2.28. The van der Waals surface area contributed by atoms with Crippen LogP contribution in [0.3, 0.4) is 0 Å². The van der Waals surface area contributed by atoms with Crippen LogP contribution in [-0.2, 0) is 15.9 Å². The van der Waals surface area contributed by atoms with Crippen molar-refractivity contribution in [3.8, 4) is 10.4 Å². The standard InChI is InChI=1S/C32H37NO4S/c1-5-36-31(35)30-17-16-29(38-30)28-13-9-8-12-27(28)22(2)37-21-26(34)20-33-32(3,4)19-23-14-15-24-10-6-7-11-25(24)18-23/h6-18,22,26,33-34H,5,19-21H2,1-4H3. The third-order valence-electron chi connectivity index (χ3n) is 6.56. The predicted molar refractivity (Wildman–Crippen MR) is 156 cm³/mol. The molecule has 200 valence electrons. The van der Waals surface area contributed by atoms with Gasteiger partial charge in [0.15, 0.2) is 0 Å². The predicted octanol–water partition coefficient (Wildman–Crippen LogP) is 6.79. The molecule has 2 unspecified atom stereocenters. The summed E-state index contributed by atoms with van der Waals surface area (Å²) in [6.07, 6.45) is -0.0127. The van der Waals surface area contributed by atoms with Gasteiger partial charge in [0.1, 0.15) is 4.88 Å². The van der Waals surface area contributed by atoms with E-state index in [0.29, 0.717) is 18.0 Å². The van der Waals surface area contributed by atoms with Crippen LogP contribution in [0.15, 0.2) is 78.9 Å².